The van der Waals surface area contributed by atoms with Gasteiger partial charge in [-0.1, -0.05) is 13.8 Å². The van der Waals surface area contributed by atoms with Gasteiger partial charge in [-0.2, -0.15) is 0 Å². The molecule has 2 unspecified atom stereocenters. The minimum atomic E-state index is 0.376. The van der Waals surface area contributed by atoms with Crippen LogP contribution in [0.2, 0.25) is 0 Å². The molecule has 0 bridgehead atoms. The largest absolute Gasteiger partial charge is 0.379 e. The van der Waals surface area contributed by atoms with Crippen molar-refractivity contribution >= 4 is 0 Å². The lowest BCUT2D eigenvalue weighted by atomic mass is 9.79. The van der Waals surface area contributed by atoms with E-state index < -0.39 is 0 Å². The van der Waals surface area contributed by atoms with Crippen LogP contribution in [0, 0.1) is 17.3 Å². The van der Waals surface area contributed by atoms with Crippen LogP contribution >= 0.6 is 0 Å². The maximum Gasteiger partial charge on any atom is 0.0518 e. The molecule has 2 saturated carbocycles. The Kier molecular flexibility index (Phi) is 4.14. The Bertz CT molecular complexity index is 239. The van der Waals surface area contributed by atoms with Crippen LogP contribution in [0.5, 0.6) is 0 Å². The van der Waals surface area contributed by atoms with Crippen molar-refractivity contribution in [1.29, 1.82) is 0 Å². The van der Waals surface area contributed by atoms with Crippen molar-refractivity contribution in [2.24, 2.45) is 17.3 Å². The van der Waals surface area contributed by atoms with E-state index in [0.717, 1.165) is 18.4 Å². The van der Waals surface area contributed by atoms with Crippen molar-refractivity contribution in [3.8, 4) is 0 Å². The summed E-state index contributed by atoms with van der Waals surface area (Å²) in [5, 5.41) is 3.65. The Balaban J connectivity index is 1.80. The van der Waals surface area contributed by atoms with Crippen LogP contribution in [0.1, 0.15) is 53.4 Å². The zero-order valence-electron chi connectivity index (χ0n) is 12.0. The summed E-state index contributed by atoms with van der Waals surface area (Å²) in [6, 6.07) is 0.606. The molecule has 0 saturated heterocycles. The highest BCUT2D eigenvalue weighted by Gasteiger charge is 2.53. The first-order chi connectivity index (χ1) is 8.01. The van der Waals surface area contributed by atoms with Gasteiger partial charge in [-0.05, 0) is 56.8 Å². The molecule has 2 heteroatoms. The summed E-state index contributed by atoms with van der Waals surface area (Å²) in [6.07, 6.45) is 6.02. The lowest BCUT2D eigenvalue weighted by Gasteiger charge is -2.32. The van der Waals surface area contributed by atoms with Gasteiger partial charge in [-0.3, -0.25) is 0 Å². The summed E-state index contributed by atoms with van der Waals surface area (Å²) in [4.78, 5) is 0. The molecule has 2 fully saturated rings. The Morgan fingerprint density at radius 3 is 2.35 bits per heavy atom. The van der Waals surface area contributed by atoms with Crippen molar-refractivity contribution in [3.05, 3.63) is 0 Å². The van der Waals surface area contributed by atoms with Gasteiger partial charge in [0, 0.05) is 19.2 Å². The van der Waals surface area contributed by atoms with Gasteiger partial charge in [0.25, 0.3) is 0 Å². The molecule has 2 atom stereocenters. The summed E-state index contributed by atoms with van der Waals surface area (Å²) in [6.45, 7) is 10.9. The third-order valence-electron chi connectivity index (χ3n) is 4.43. The van der Waals surface area contributed by atoms with Gasteiger partial charge in [0.15, 0.2) is 0 Å². The Hall–Kier alpha value is -0.0800. The number of ether oxygens (including phenoxy) is 1. The van der Waals surface area contributed by atoms with Crippen molar-refractivity contribution in [1.82, 2.24) is 5.32 Å². The van der Waals surface area contributed by atoms with Crippen LogP contribution in [0.15, 0.2) is 0 Å². The van der Waals surface area contributed by atoms with Crippen LogP contribution < -0.4 is 5.32 Å². The number of rotatable bonds is 7. The van der Waals surface area contributed by atoms with Gasteiger partial charge in [-0.15, -0.1) is 0 Å². The van der Waals surface area contributed by atoms with E-state index in [0.29, 0.717) is 17.6 Å². The minimum absolute atomic E-state index is 0.376. The lowest BCUT2D eigenvalue weighted by molar-refractivity contribution is 0.0479. The average molecular weight is 239 g/mol. The van der Waals surface area contributed by atoms with E-state index in [4.69, 9.17) is 4.74 Å². The van der Waals surface area contributed by atoms with Gasteiger partial charge in [-0.25, -0.2) is 0 Å². The molecule has 0 radical (unpaired) electrons. The summed E-state index contributed by atoms with van der Waals surface area (Å²) < 4.78 is 5.76. The number of hydrogen-bond donors (Lipinski definition) is 1. The quantitative estimate of drug-likeness (QED) is 0.736. The maximum absolute atomic E-state index is 5.76. The third kappa shape index (κ3) is 3.69. The van der Waals surface area contributed by atoms with E-state index in [2.05, 4.69) is 33.0 Å². The first kappa shape index (κ1) is 13.4. The molecule has 100 valence electrons. The zero-order valence-corrected chi connectivity index (χ0v) is 12.0. The van der Waals surface area contributed by atoms with Crippen molar-refractivity contribution < 1.29 is 4.74 Å². The van der Waals surface area contributed by atoms with Crippen LogP contribution in [0.4, 0.5) is 0 Å². The fraction of sp³-hybridized carbons (Fsp3) is 1.00. The lowest BCUT2D eigenvalue weighted by Crippen LogP contribution is -2.37. The first-order valence-corrected chi connectivity index (χ1v) is 7.36. The summed E-state index contributed by atoms with van der Waals surface area (Å²) in [5.74, 6) is 2.12. The molecule has 0 aromatic rings. The van der Waals surface area contributed by atoms with Crippen molar-refractivity contribution in [2.75, 3.05) is 13.2 Å². The molecular weight excluding hydrogens is 210 g/mol. The molecule has 0 heterocycles. The zero-order chi connectivity index (χ0) is 12.5. The molecule has 2 aliphatic rings. The second-order valence-electron chi connectivity index (χ2n) is 6.87. The van der Waals surface area contributed by atoms with Gasteiger partial charge in [0.1, 0.15) is 0 Å². The fourth-order valence-electron chi connectivity index (χ4n) is 3.37. The van der Waals surface area contributed by atoms with Crippen LogP contribution in [0.3, 0.4) is 0 Å². The van der Waals surface area contributed by atoms with E-state index >= 15 is 0 Å². The Labute approximate surface area is 107 Å². The van der Waals surface area contributed by atoms with Gasteiger partial charge in [0.2, 0.25) is 0 Å². The molecule has 1 N–H and O–H groups in total. The molecule has 2 aliphatic carbocycles. The molecule has 0 amide bonds. The molecular formula is C15H29NO. The molecule has 0 aromatic carbocycles. The standard InChI is InChI=1S/C15H29NO/c1-11(2)16-10-15(5-6-17-12(3)4)8-13-7-14(13)9-15/h11-14,16H,5-10H2,1-4H3. The highest BCUT2D eigenvalue weighted by molar-refractivity contribution is 5.04. The first-order valence-electron chi connectivity index (χ1n) is 7.36. The predicted molar refractivity (Wildman–Crippen MR) is 72.1 cm³/mol. The van der Waals surface area contributed by atoms with Gasteiger partial charge in [0.05, 0.1) is 6.10 Å². The SMILES string of the molecule is CC(C)NCC1(CCOC(C)C)CC2CC2C1. The van der Waals surface area contributed by atoms with Crippen molar-refractivity contribution in [3.63, 3.8) is 0 Å². The topological polar surface area (TPSA) is 21.3 Å². The molecule has 2 rings (SSSR count). The summed E-state index contributed by atoms with van der Waals surface area (Å²) in [5.41, 5.74) is 0.548. The second kappa shape index (κ2) is 5.27. The molecule has 0 aromatic heterocycles. The number of nitrogens with one attached hydrogen (secondary N) is 1. The Morgan fingerprint density at radius 1 is 1.18 bits per heavy atom. The summed E-state index contributed by atoms with van der Waals surface area (Å²) in [7, 11) is 0. The highest BCUT2D eigenvalue weighted by atomic mass is 16.5. The van der Waals surface area contributed by atoms with Crippen LogP contribution in [-0.4, -0.2) is 25.3 Å². The third-order valence-corrected chi connectivity index (χ3v) is 4.43. The van der Waals surface area contributed by atoms with Gasteiger partial charge >= 0.3 is 0 Å². The minimum Gasteiger partial charge on any atom is -0.379 e. The normalized spacial score (nSPS) is 35.6. The van der Waals surface area contributed by atoms with Gasteiger partial charge < -0.3 is 10.1 Å². The maximum atomic E-state index is 5.76. The summed E-state index contributed by atoms with van der Waals surface area (Å²) >= 11 is 0. The molecule has 17 heavy (non-hydrogen) atoms. The second-order valence-corrected chi connectivity index (χ2v) is 6.87. The fourth-order valence-corrected chi connectivity index (χ4v) is 3.37. The molecule has 0 aliphatic heterocycles. The van der Waals surface area contributed by atoms with E-state index in [1.54, 1.807) is 0 Å². The van der Waals surface area contributed by atoms with E-state index in [1.165, 1.54) is 32.2 Å². The molecule has 0 spiro atoms. The predicted octanol–water partition coefficient (Wildman–Crippen LogP) is 3.22. The number of hydrogen-bond acceptors (Lipinski definition) is 2. The highest BCUT2D eigenvalue weighted by Crippen LogP contribution is 2.60. The van der Waals surface area contributed by atoms with Crippen molar-refractivity contribution in [2.45, 2.75) is 65.5 Å². The van der Waals surface area contributed by atoms with Crippen LogP contribution in [-0.2, 0) is 4.74 Å². The average Bonchev–Trinajstić information content (AvgIpc) is 2.84. The van der Waals surface area contributed by atoms with E-state index in [9.17, 15) is 0 Å². The molecule has 2 nitrogen and oxygen atoms in total. The van der Waals surface area contributed by atoms with E-state index in [-0.39, 0.29) is 0 Å². The Morgan fingerprint density at radius 2 is 1.82 bits per heavy atom. The number of fused-ring (bicyclic) bond motifs is 1. The van der Waals surface area contributed by atoms with E-state index in [1.807, 2.05) is 0 Å². The van der Waals surface area contributed by atoms with Crippen LogP contribution in [0.25, 0.3) is 0 Å². The smallest absolute Gasteiger partial charge is 0.0518 e. The monoisotopic (exact) mass is 239 g/mol.